The molecule has 1 aromatic carbocycles. The minimum absolute atomic E-state index is 0.0609. The van der Waals surface area contributed by atoms with Crippen molar-refractivity contribution in [3.8, 4) is 0 Å². The van der Waals surface area contributed by atoms with Crippen LogP contribution in [0.2, 0.25) is 0 Å². The molecule has 0 bridgehead atoms. The number of likely N-dealkylation sites (tertiary alicyclic amines) is 1. The van der Waals surface area contributed by atoms with E-state index in [-0.39, 0.29) is 18.4 Å². The molecular formula is C19H29N3O2. The molecule has 1 atom stereocenters. The number of nitrogens with zero attached hydrogens (tertiary/aromatic N) is 1. The molecule has 1 aliphatic heterocycles. The third kappa shape index (κ3) is 5.64. The SMILES string of the molecule is CCC(C)NCC(=O)Nc1cccc(C(=O)N2CCCCCC2)c1. The third-order valence-electron chi connectivity index (χ3n) is 4.51. The van der Waals surface area contributed by atoms with Gasteiger partial charge in [0.05, 0.1) is 6.54 Å². The van der Waals surface area contributed by atoms with Gasteiger partial charge in [-0.2, -0.15) is 0 Å². The van der Waals surface area contributed by atoms with Gasteiger partial charge >= 0.3 is 0 Å². The Labute approximate surface area is 144 Å². The number of nitrogens with one attached hydrogen (secondary N) is 2. The Hall–Kier alpha value is -1.88. The van der Waals surface area contributed by atoms with Crippen molar-refractivity contribution in [3.63, 3.8) is 0 Å². The average Bonchev–Trinajstić information content (AvgIpc) is 2.88. The molecule has 1 aromatic rings. The van der Waals surface area contributed by atoms with E-state index in [0.717, 1.165) is 32.4 Å². The van der Waals surface area contributed by atoms with Gasteiger partial charge in [-0.25, -0.2) is 0 Å². The molecule has 2 rings (SSSR count). The first-order chi connectivity index (χ1) is 11.6. The Balaban J connectivity index is 1.95. The fraction of sp³-hybridized carbons (Fsp3) is 0.579. The summed E-state index contributed by atoms with van der Waals surface area (Å²) in [5.74, 6) is -0.0274. The van der Waals surface area contributed by atoms with Crippen LogP contribution in [0.1, 0.15) is 56.3 Å². The molecule has 5 heteroatoms. The molecule has 2 N–H and O–H groups in total. The quantitative estimate of drug-likeness (QED) is 0.842. The van der Waals surface area contributed by atoms with Gasteiger partial charge in [-0.3, -0.25) is 9.59 Å². The number of rotatable bonds is 6. The minimum atomic E-state index is -0.0883. The molecule has 1 saturated heterocycles. The lowest BCUT2D eigenvalue weighted by atomic mass is 10.1. The summed E-state index contributed by atoms with van der Waals surface area (Å²) in [6.07, 6.45) is 5.52. The number of benzene rings is 1. The Kier molecular flexibility index (Phi) is 7.25. The van der Waals surface area contributed by atoms with Gasteiger partial charge in [-0.1, -0.05) is 25.8 Å². The van der Waals surface area contributed by atoms with Crippen molar-refractivity contribution in [2.24, 2.45) is 0 Å². The summed E-state index contributed by atoms with van der Waals surface area (Å²) >= 11 is 0. The second kappa shape index (κ2) is 9.42. The van der Waals surface area contributed by atoms with Crippen molar-refractivity contribution in [1.82, 2.24) is 10.2 Å². The number of carbonyl (C=O) groups excluding carboxylic acids is 2. The van der Waals surface area contributed by atoms with Gasteiger partial charge in [0.2, 0.25) is 5.91 Å². The highest BCUT2D eigenvalue weighted by atomic mass is 16.2. The topological polar surface area (TPSA) is 61.4 Å². The second-order valence-corrected chi connectivity index (χ2v) is 6.53. The number of hydrogen-bond acceptors (Lipinski definition) is 3. The molecule has 132 valence electrons. The molecule has 1 heterocycles. The molecule has 1 fully saturated rings. The first-order valence-corrected chi connectivity index (χ1v) is 9.02. The van der Waals surface area contributed by atoms with Crippen LogP contribution in [0.25, 0.3) is 0 Å². The van der Waals surface area contributed by atoms with E-state index in [2.05, 4.69) is 17.6 Å². The van der Waals surface area contributed by atoms with Crippen LogP contribution in [-0.2, 0) is 4.79 Å². The summed E-state index contributed by atoms with van der Waals surface area (Å²) < 4.78 is 0. The van der Waals surface area contributed by atoms with Crippen molar-refractivity contribution in [2.75, 3.05) is 25.0 Å². The van der Waals surface area contributed by atoms with E-state index >= 15 is 0 Å². The zero-order valence-corrected chi connectivity index (χ0v) is 14.8. The lowest BCUT2D eigenvalue weighted by Gasteiger charge is -2.20. The van der Waals surface area contributed by atoms with Gasteiger partial charge in [0.25, 0.3) is 5.91 Å². The second-order valence-electron chi connectivity index (χ2n) is 6.53. The van der Waals surface area contributed by atoms with E-state index in [4.69, 9.17) is 0 Å². The largest absolute Gasteiger partial charge is 0.339 e. The average molecular weight is 331 g/mol. The Morgan fingerprint density at radius 3 is 2.54 bits per heavy atom. The van der Waals surface area contributed by atoms with Crippen molar-refractivity contribution in [1.29, 1.82) is 0 Å². The molecule has 24 heavy (non-hydrogen) atoms. The smallest absolute Gasteiger partial charge is 0.253 e. The molecule has 0 spiro atoms. The zero-order valence-electron chi connectivity index (χ0n) is 14.8. The maximum atomic E-state index is 12.6. The highest BCUT2D eigenvalue weighted by molar-refractivity contribution is 5.97. The van der Waals surface area contributed by atoms with E-state index in [1.807, 2.05) is 30.0 Å². The fourth-order valence-corrected chi connectivity index (χ4v) is 2.80. The van der Waals surface area contributed by atoms with Gasteiger partial charge in [0, 0.05) is 30.4 Å². The standard InChI is InChI=1S/C19H29N3O2/c1-3-15(2)20-14-18(23)21-17-10-8-9-16(13-17)19(24)22-11-6-4-5-7-12-22/h8-10,13,15,20H,3-7,11-12,14H2,1-2H3,(H,21,23). The van der Waals surface area contributed by atoms with Crippen LogP contribution in [0.3, 0.4) is 0 Å². The lowest BCUT2D eigenvalue weighted by Crippen LogP contribution is -2.34. The third-order valence-corrected chi connectivity index (χ3v) is 4.51. The molecule has 1 aliphatic rings. The van der Waals surface area contributed by atoms with Gasteiger partial charge in [0.15, 0.2) is 0 Å². The number of hydrogen-bond donors (Lipinski definition) is 2. The van der Waals surface area contributed by atoms with E-state index in [0.29, 0.717) is 17.3 Å². The normalized spacial score (nSPS) is 16.3. The van der Waals surface area contributed by atoms with E-state index in [9.17, 15) is 9.59 Å². The van der Waals surface area contributed by atoms with Crippen molar-refractivity contribution in [3.05, 3.63) is 29.8 Å². The van der Waals surface area contributed by atoms with Crippen LogP contribution >= 0.6 is 0 Å². The molecular weight excluding hydrogens is 302 g/mol. The summed E-state index contributed by atoms with van der Waals surface area (Å²) in [6, 6.07) is 7.55. The van der Waals surface area contributed by atoms with Crippen LogP contribution < -0.4 is 10.6 Å². The number of carbonyl (C=O) groups is 2. The van der Waals surface area contributed by atoms with Crippen molar-refractivity contribution < 1.29 is 9.59 Å². The minimum Gasteiger partial charge on any atom is -0.339 e. The highest BCUT2D eigenvalue weighted by Gasteiger charge is 2.17. The van der Waals surface area contributed by atoms with Crippen LogP contribution in [0.5, 0.6) is 0 Å². The first kappa shape index (κ1) is 18.5. The number of anilines is 1. The van der Waals surface area contributed by atoms with Crippen LogP contribution in [-0.4, -0.2) is 42.4 Å². The predicted molar refractivity (Wildman–Crippen MR) is 97.2 cm³/mol. The Bertz CT molecular complexity index is 551. The first-order valence-electron chi connectivity index (χ1n) is 9.02. The maximum absolute atomic E-state index is 12.6. The van der Waals surface area contributed by atoms with Crippen molar-refractivity contribution in [2.45, 2.75) is 52.0 Å². The molecule has 0 aromatic heterocycles. The summed E-state index contributed by atoms with van der Waals surface area (Å²) in [5, 5.41) is 6.02. The molecule has 0 saturated carbocycles. The summed E-state index contributed by atoms with van der Waals surface area (Å²) in [4.78, 5) is 26.6. The van der Waals surface area contributed by atoms with Gasteiger partial charge in [-0.05, 0) is 44.4 Å². The fourth-order valence-electron chi connectivity index (χ4n) is 2.80. The zero-order chi connectivity index (χ0) is 17.4. The molecule has 2 amide bonds. The molecule has 1 unspecified atom stereocenters. The predicted octanol–water partition coefficient (Wildman–Crippen LogP) is 3.03. The van der Waals surface area contributed by atoms with E-state index in [1.54, 1.807) is 6.07 Å². The Morgan fingerprint density at radius 2 is 1.88 bits per heavy atom. The lowest BCUT2D eigenvalue weighted by molar-refractivity contribution is -0.115. The van der Waals surface area contributed by atoms with E-state index in [1.165, 1.54) is 12.8 Å². The van der Waals surface area contributed by atoms with E-state index < -0.39 is 0 Å². The molecule has 0 radical (unpaired) electrons. The highest BCUT2D eigenvalue weighted by Crippen LogP contribution is 2.16. The Morgan fingerprint density at radius 1 is 1.17 bits per heavy atom. The van der Waals surface area contributed by atoms with Gasteiger partial charge in [-0.15, -0.1) is 0 Å². The summed E-state index contributed by atoms with van der Waals surface area (Å²) in [6.45, 7) is 6.06. The maximum Gasteiger partial charge on any atom is 0.253 e. The van der Waals surface area contributed by atoms with Crippen molar-refractivity contribution >= 4 is 17.5 Å². The van der Waals surface area contributed by atoms with Crippen LogP contribution in [0.4, 0.5) is 5.69 Å². The van der Waals surface area contributed by atoms with Crippen LogP contribution in [0.15, 0.2) is 24.3 Å². The molecule has 5 nitrogen and oxygen atoms in total. The van der Waals surface area contributed by atoms with Crippen LogP contribution in [0, 0.1) is 0 Å². The number of amides is 2. The summed E-state index contributed by atoms with van der Waals surface area (Å²) in [5.41, 5.74) is 1.32. The van der Waals surface area contributed by atoms with Gasteiger partial charge in [0.1, 0.15) is 0 Å². The molecule has 0 aliphatic carbocycles. The monoisotopic (exact) mass is 331 g/mol. The van der Waals surface area contributed by atoms with Gasteiger partial charge < -0.3 is 15.5 Å². The summed E-state index contributed by atoms with van der Waals surface area (Å²) in [7, 11) is 0.